The number of fused-ring (bicyclic) bond motifs is 4. The van der Waals surface area contributed by atoms with E-state index in [1.807, 2.05) is 24.3 Å². The van der Waals surface area contributed by atoms with Crippen molar-refractivity contribution in [2.75, 3.05) is 75.4 Å². The number of hydrogen-bond donors (Lipinski definition) is 2. The standard InChI is InChI=1S/C40H46N10O7/c1-24-22-47(34-19-26(9-10-41-34)36-31-21-28(50(54)55)4-6-32(31)43-44-36)23-25(2)48(24)16-18-56-17-15-45-11-13-46(14-12-45)27-3-5-29-30(20-27)39(53)49(40-37(29)57-40)33-7-8-35(51)42-38(33)52/h3-6,9-10,19-21,24-25,33,37,40H,7-8,11-18,22-23H2,1-2H3,(H,43,44)(H,42,51,52)/t24-,25+,33?,37?,40?. The molecule has 0 saturated carbocycles. The molecule has 0 spiro atoms. The van der Waals surface area contributed by atoms with E-state index < -0.39 is 23.1 Å². The second-order valence-electron chi connectivity index (χ2n) is 15.6. The number of ether oxygens (including phenoxy) is 2. The Morgan fingerprint density at radius 1 is 0.947 bits per heavy atom. The molecular formula is C40H46N10O7. The van der Waals surface area contributed by atoms with Crippen LogP contribution in [-0.2, 0) is 19.1 Å². The minimum absolute atomic E-state index is 0.0275. The summed E-state index contributed by atoms with van der Waals surface area (Å²) >= 11 is 0. The molecule has 4 aromatic rings. The van der Waals surface area contributed by atoms with Gasteiger partial charge < -0.3 is 19.3 Å². The van der Waals surface area contributed by atoms with Gasteiger partial charge in [-0.25, -0.2) is 4.98 Å². The van der Waals surface area contributed by atoms with Crippen LogP contribution in [0.5, 0.6) is 0 Å². The number of aromatic nitrogens is 3. The molecule has 0 aliphatic carbocycles. The number of benzene rings is 2. The van der Waals surface area contributed by atoms with E-state index in [0.717, 1.165) is 80.5 Å². The Bertz CT molecular complexity index is 2210. The van der Waals surface area contributed by atoms with Crippen LogP contribution in [0.1, 0.15) is 48.7 Å². The van der Waals surface area contributed by atoms with Crippen LogP contribution < -0.4 is 15.1 Å². The summed E-state index contributed by atoms with van der Waals surface area (Å²) in [5.74, 6) is -0.113. The number of non-ortho nitro benzene ring substituents is 1. The largest absolute Gasteiger partial charge is 0.379 e. The lowest BCUT2D eigenvalue weighted by atomic mass is 9.94. The van der Waals surface area contributed by atoms with E-state index in [-0.39, 0.29) is 42.1 Å². The third kappa shape index (κ3) is 7.20. The molecule has 57 heavy (non-hydrogen) atoms. The van der Waals surface area contributed by atoms with Gasteiger partial charge in [-0.3, -0.25) is 49.6 Å². The van der Waals surface area contributed by atoms with Gasteiger partial charge in [-0.1, -0.05) is 6.07 Å². The number of imide groups is 1. The van der Waals surface area contributed by atoms with Crippen LogP contribution in [0.15, 0.2) is 54.7 Å². The molecule has 2 N–H and O–H groups in total. The van der Waals surface area contributed by atoms with Gasteiger partial charge in [0.1, 0.15) is 23.7 Å². The molecule has 4 fully saturated rings. The number of nitro groups is 1. The number of nitrogens with one attached hydrogen (secondary N) is 2. The first kappa shape index (κ1) is 37.1. The van der Waals surface area contributed by atoms with Crippen LogP contribution in [0.3, 0.4) is 0 Å². The number of aromatic amines is 1. The summed E-state index contributed by atoms with van der Waals surface area (Å²) in [6.07, 6.45) is 1.59. The molecule has 5 aliphatic heterocycles. The number of piperazine rings is 2. The Morgan fingerprint density at radius 3 is 2.51 bits per heavy atom. The number of carbonyl (C=O) groups excluding carboxylic acids is 3. The molecule has 2 aromatic heterocycles. The molecule has 4 saturated heterocycles. The van der Waals surface area contributed by atoms with Crippen LogP contribution in [0.4, 0.5) is 17.2 Å². The number of amides is 3. The van der Waals surface area contributed by atoms with Crippen molar-refractivity contribution in [1.82, 2.24) is 35.2 Å². The molecule has 0 bridgehead atoms. The summed E-state index contributed by atoms with van der Waals surface area (Å²) in [5, 5.41) is 21.9. The van der Waals surface area contributed by atoms with Gasteiger partial charge in [-0.2, -0.15) is 5.10 Å². The van der Waals surface area contributed by atoms with Crippen molar-refractivity contribution in [2.24, 2.45) is 0 Å². The van der Waals surface area contributed by atoms with Gasteiger partial charge in [0.05, 0.1) is 23.7 Å². The number of rotatable bonds is 11. The molecule has 9 rings (SSSR count). The Kier molecular flexibility index (Phi) is 9.84. The fourth-order valence-corrected chi connectivity index (χ4v) is 8.99. The lowest BCUT2D eigenvalue weighted by molar-refractivity contribution is -0.384. The zero-order valence-electron chi connectivity index (χ0n) is 32.0. The van der Waals surface area contributed by atoms with E-state index in [9.17, 15) is 24.5 Å². The van der Waals surface area contributed by atoms with Crippen molar-refractivity contribution in [3.63, 3.8) is 0 Å². The minimum Gasteiger partial charge on any atom is -0.379 e. The zero-order chi connectivity index (χ0) is 39.4. The first-order valence-electron chi connectivity index (χ1n) is 19.7. The van der Waals surface area contributed by atoms with Crippen molar-refractivity contribution >= 4 is 45.8 Å². The molecule has 7 heterocycles. The van der Waals surface area contributed by atoms with E-state index in [2.05, 4.69) is 60.0 Å². The van der Waals surface area contributed by atoms with E-state index in [4.69, 9.17) is 9.47 Å². The maximum Gasteiger partial charge on any atom is 0.270 e. The number of carbonyl (C=O) groups is 3. The Hall–Kier alpha value is -5.49. The first-order valence-corrected chi connectivity index (χ1v) is 19.7. The predicted molar refractivity (Wildman–Crippen MR) is 210 cm³/mol. The lowest BCUT2D eigenvalue weighted by Gasteiger charge is -2.45. The van der Waals surface area contributed by atoms with Gasteiger partial charge >= 0.3 is 0 Å². The summed E-state index contributed by atoms with van der Waals surface area (Å²) in [6.45, 7) is 12.5. The van der Waals surface area contributed by atoms with Gasteiger partial charge in [0.15, 0.2) is 6.23 Å². The molecule has 5 aliphatic rings. The molecule has 3 unspecified atom stereocenters. The summed E-state index contributed by atoms with van der Waals surface area (Å²) < 4.78 is 12.0. The summed E-state index contributed by atoms with van der Waals surface area (Å²) in [7, 11) is 0. The van der Waals surface area contributed by atoms with Crippen molar-refractivity contribution in [3.05, 3.63) is 76.0 Å². The van der Waals surface area contributed by atoms with Crippen LogP contribution in [0.25, 0.3) is 22.2 Å². The van der Waals surface area contributed by atoms with E-state index in [0.29, 0.717) is 36.3 Å². The molecule has 2 aromatic carbocycles. The summed E-state index contributed by atoms with van der Waals surface area (Å²) in [6, 6.07) is 14.4. The number of nitro benzene ring substituents is 1. The molecule has 0 radical (unpaired) electrons. The second-order valence-corrected chi connectivity index (χ2v) is 15.6. The van der Waals surface area contributed by atoms with Gasteiger partial charge in [0.25, 0.3) is 11.6 Å². The number of piperidine rings is 1. The minimum atomic E-state index is -0.703. The first-order chi connectivity index (χ1) is 27.6. The summed E-state index contributed by atoms with van der Waals surface area (Å²) in [5.41, 5.74) is 4.69. The van der Waals surface area contributed by atoms with Gasteiger partial charge in [-0.05, 0) is 56.2 Å². The number of nitrogens with zero attached hydrogens (tertiary/aromatic N) is 8. The average Bonchev–Trinajstić information content (AvgIpc) is 3.89. The van der Waals surface area contributed by atoms with Crippen LogP contribution in [0, 0.1) is 10.1 Å². The maximum absolute atomic E-state index is 13.7. The van der Waals surface area contributed by atoms with Gasteiger partial charge in [0.2, 0.25) is 11.8 Å². The smallest absolute Gasteiger partial charge is 0.270 e. The highest BCUT2D eigenvalue weighted by atomic mass is 16.6. The number of hydrogen-bond acceptors (Lipinski definition) is 13. The van der Waals surface area contributed by atoms with Crippen molar-refractivity contribution in [1.29, 1.82) is 0 Å². The Morgan fingerprint density at radius 2 is 1.74 bits per heavy atom. The van der Waals surface area contributed by atoms with E-state index in [1.54, 1.807) is 18.3 Å². The number of pyridine rings is 1. The van der Waals surface area contributed by atoms with Gasteiger partial charge in [-0.15, -0.1) is 0 Å². The van der Waals surface area contributed by atoms with Crippen LogP contribution >= 0.6 is 0 Å². The predicted octanol–water partition coefficient (Wildman–Crippen LogP) is 2.93. The molecule has 3 amide bonds. The Balaban J connectivity index is 0.729. The third-order valence-electron chi connectivity index (χ3n) is 12.1. The van der Waals surface area contributed by atoms with Crippen molar-refractivity contribution in [3.8, 4) is 11.3 Å². The molecule has 17 nitrogen and oxygen atoms in total. The normalized spacial score (nSPS) is 25.4. The monoisotopic (exact) mass is 778 g/mol. The molecule has 298 valence electrons. The highest BCUT2D eigenvalue weighted by Gasteiger charge is 2.56. The van der Waals surface area contributed by atoms with E-state index in [1.165, 1.54) is 11.0 Å². The second kappa shape index (κ2) is 15.1. The van der Waals surface area contributed by atoms with Gasteiger partial charge in [0, 0.05) is 111 Å². The number of anilines is 2. The highest BCUT2D eigenvalue weighted by molar-refractivity contribution is 6.05. The third-order valence-corrected chi connectivity index (χ3v) is 12.1. The lowest BCUT2D eigenvalue weighted by Crippen LogP contribution is -2.57. The topological polar surface area (TPSA) is 186 Å². The number of H-pyrrole nitrogens is 1. The SMILES string of the molecule is C[C@@H]1CN(c2cc(-c3n[nH]c4ccc([N+](=O)[O-])cc34)ccn2)C[C@H](C)N1CCOCCN1CCN(c2ccc3c(c2)C(=O)N(C2CCC(=O)NC2=O)C2OC32)CC1. The highest BCUT2D eigenvalue weighted by Crippen LogP contribution is 2.49. The quantitative estimate of drug-likeness (QED) is 0.0746. The maximum atomic E-state index is 13.7. The molecular weight excluding hydrogens is 733 g/mol. The van der Waals surface area contributed by atoms with Crippen molar-refractivity contribution in [2.45, 2.75) is 57.1 Å². The Labute approximate surface area is 329 Å². The van der Waals surface area contributed by atoms with Crippen LogP contribution in [-0.4, -0.2) is 142 Å². The zero-order valence-corrected chi connectivity index (χ0v) is 32.0. The average molecular weight is 779 g/mol. The summed E-state index contributed by atoms with van der Waals surface area (Å²) in [4.78, 5) is 64.7. The molecule has 5 atom stereocenters. The fraction of sp³-hybridized carbons (Fsp3) is 0.475. The van der Waals surface area contributed by atoms with Crippen LogP contribution in [0.2, 0.25) is 0 Å². The fourth-order valence-electron chi connectivity index (χ4n) is 8.99. The molecule has 17 heteroatoms. The van der Waals surface area contributed by atoms with E-state index >= 15 is 0 Å². The number of epoxide rings is 1. The van der Waals surface area contributed by atoms with Crippen molar-refractivity contribution < 1.29 is 28.8 Å².